The Labute approximate surface area is 184 Å². The standard InChI is InChI=1S/C22H25FN4OS2/c1-4-19(21(28)24-18-9-7-6-8-17(18)23)30-22-26-25-20(27(22)5-2)14-29-16-12-10-15(3)11-13-16/h6-13,19H,4-5,14H2,1-3H3,(H,24,28). The van der Waals surface area contributed by atoms with Gasteiger partial charge in [0.2, 0.25) is 5.91 Å². The molecule has 0 fully saturated rings. The zero-order valence-electron chi connectivity index (χ0n) is 17.3. The quantitative estimate of drug-likeness (QED) is 0.439. The topological polar surface area (TPSA) is 59.8 Å². The number of aromatic nitrogens is 3. The maximum absolute atomic E-state index is 13.9. The molecule has 158 valence electrons. The third-order valence-corrected chi connectivity index (χ3v) is 6.89. The van der Waals surface area contributed by atoms with Crippen molar-refractivity contribution in [2.24, 2.45) is 0 Å². The average Bonchev–Trinajstić information content (AvgIpc) is 3.14. The van der Waals surface area contributed by atoms with Crippen molar-refractivity contribution in [3.05, 3.63) is 65.7 Å². The number of carbonyl (C=O) groups excluding carboxylic acids is 1. The molecule has 0 saturated carbocycles. The molecule has 5 nitrogen and oxygen atoms in total. The summed E-state index contributed by atoms with van der Waals surface area (Å²) in [5.74, 6) is 0.879. The molecule has 0 bridgehead atoms. The highest BCUT2D eigenvalue weighted by atomic mass is 32.2. The molecule has 1 aromatic heterocycles. The van der Waals surface area contributed by atoms with Gasteiger partial charge in [-0.25, -0.2) is 4.39 Å². The molecule has 0 saturated heterocycles. The molecule has 0 spiro atoms. The van der Waals surface area contributed by atoms with Gasteiger partial charge >= 0.3 is 0 Å². The van der Waals surface area contributed by atoms with E-state index in [9.17, 15) is 9.18 Å². The number of anilines is 1. The number of hydrogen-bond donors (Lipinski definition) is 1. The lowest BCUT2D eigenvalue weighted by Gasteiger charge is -2.15. The lowest BCUT2D eigenvalue weighted by atomic mass is 10.2. The fraction of sp³-hybridized carbons (Fsp3) is 0.318. The van der Waals surface area contributed by atoms with E-state index in [4.69, 9.17) is 0 Å². The van der Waals surface area contributed by atoms with E-state index < -0.39 is 11.1 Å². The van der Waals surface area contributed by atoms with Crippen LogP contribution in [-0.2, 0) is 17.1 Å². The van der Waals surface area contributed by atoms with Crippen LogP contribution in [0.5, 0.6) is 0 Å². The molecule has 1 amide bonds. The molecular formula is C22H25FN4OS2. The van der Waals surface area contributed by atoms with Crippen molar-refractivity contribution in [1.29, 1.82) is 0 Å². The first-order valence-electron chi connectivity index (χ1n) is 9.85. The van der Waals surface area contributed by atoms with Crippen molar-refractivity contribution >= 4 is 35.1 Å². The van der Waals surface area contributed by atoms with Crippen LogP contribution in [0.2, 0.25) is 0 Å². The summed E-state index contributed by atoms with van der Waals surface area (Å²) >= 11 is 3.07. The number of rotatable bonds is 9. The lowest BCUT2D eigenvalue weighted by Crippen LogP contribution is -2.25. The maximum atomic E-state index is 13.9. The van der Waals surface area contributed by atoms with Gasteiger partial charge in [0.15, 0.2) is 5.16 Å². The number of hydrogen-bond acceptors (Lipinski definition) is 5. The van der Waals surface area contributed by atoms with Gasteiger partial charge in [0.05, 0.1) is 16.7 Å². The Kier molecular flexibility index (Phi) is 7.93. The zero-order valence-corrected chi connectivity index (χ0v) is 18.9. The molecule has 3 aromatic rings. The van der Waals surface area contributed by atoms with Crippen molar-refractivity contribution in [3.63, 3.8) is 0 Å². The summed E-state index contributed by atoms with van der Waals surface area (Å²) in [7, 11) is 0. The summed E-state index contributed by atoms with van der Waals surface area (Å²) < 4.78 is 15.9. The summed E-state index contributed by atoms with van der Waals surface area (Å²) in [6.07, 6.45) is 0.592. The average molecular weight is 445 g/mol. The van der Waals surface area contributed by atoms with Crippen molar-refractivity contribution in [3.8, 4) is 0 Å². The summed E-state index contributed by atoms with van der Waals surface area (Å²) in [6, 6.07) is 14.6. The normalized spacial score (nSPS) is 12.0. The summed E-state index contributed by atoms with van der Waals surface area (Å²) in [5.41, 5.74) is 1.42. The first-order chi connectivity index (χ1) is 14.5. The number of thioether (sulfide) groups is 2. The Morgan fingerprint density at radius 1 is 1.13 bits per heavy atom. The molecule has 0 aliphatic carbocycles. The number of halogens is 1. The molecule has 0 aliphatic heterocycles. The van der Waals surface area contributed by atoms with Gasteiger partial charge in [-0.05, 0) is 44.5 Å². The highest BCUT2D eigenvalue weighted by Gasteiger charge is 2.23. The summed E-state index contributed by atoms with van der Waals surface area (Å²) in [6.45, 7) is 6.75. The molecule has 8 heteroatoms. The number of amides is 1. The first-order valence-corrected chi connectivity index (χ1v) is 11.7. The third-order valence-electron chi connectivity index (χ3n) is 4.54. The largest absolute Gasteiger partial charge is 0.323 e. The number of para-hydroxylation sites is 1. The molecule has 2 aromatic carbocycles. The highest BCUT2D eigenvalue weighted by Crippen LogP contribution is 2.28. The van der Waals surface area contributed by atoms with Crippen molar-refractivity contribution in [2.75, 3.05) is 5.32 Å². The number of carbonyl (C=O) groups is 1. The highest BCUT2D eigenvalue weighted by molar-refractivity contribution is 8.00. The van der Waals surface area contributed by atoms with Gasteiger partial charge in [0, 0.05) is 11.4 Å². The smallest absolute Gasteiger partial charge is 0.238 e. The summed E-state index contributed by atoms with van der Waals surface area (Å²) in [5, 5.41) is 11.7. The molecule has 1 unspecified atom stereocenters. The van der Waals surface area contributed by atoms with E-state index in [0.717, 1.165) is 5.82 Å². The summed E-state index contributed by atoms with van der Waals surface area (Å²) in [4.78, 5) is 13.9. The van der Waals surface area contributed by atoms with Gasteiger partial charge in [-0.15, -0.1) is 22.0 Å². The minimum Gasteiger partial charge on any atom is -0.323 e. The van der Waals surface area contributed by atoms with E-state index in [1.807, 2.05) is 18.4 Å². The van der Waals surface area contributed by atoms with Crippen LogP contribution in [-0.4, -0.2) is 25.9 Å². The molecule has 30 heavy (non-hydrogen) atoms. The maximum Gasteiger partial charge on any atom is 0.238 e. The van der Waals surface area contributed by atoms with Gasteiger partial charge in [-0.2, -0.15) is 0 Å². The fourth-order valence-corrected chi connectivity index (χ4v) is 4.71. The Hall–Kier alpha value is -2.32. The number of aryl methyl sites for hydroxylation is 1. The van der Waals surface area contributed by atoms with Crippen molar-refractivity contribution in [2.45, 2.75) is 54.8 Å². The van der Waals surface area contributed by atoms with E-state index >= 15 is 0 Å². The van der Waals surface area contributed by atoms with Gasteiger partial charge in [0.25, 0.3) is 0 Å². The monoisotopic (exact) mass is 444 g/mol. The van der Waals surface area contributed by atoms with Gasteiger partial charge in [0.1, 0.15) is 11.6 Å². The fourth-order valence-electron chi connectivity index (χ4n) is 2.84. The second kappa shape index (κ2) is 10.6. The number of nitrogens with zero attached hydrogens (tertiary/aromatic N) is 3. The number of benzene rings is 2. The van der Waals surface area contributed by atoms with Crippen LogP contribution in [0.1, 0.15) is 31.7 Å². The molecule has 0 radical (unpaired) electrons. The van der Waals surface area contributed by atoms with Crippen molar-refractivity contribution < 1.29 is 9.18 Å². The Balaban J connectivity index is 1.67. The number of nitrogens with one attached hydrogen (secondary N) is 1. The van der Waals surface area contributed by atoms with Crippen LogP contribution in [0.25, 0.3) is 0 Å². The van der Waals surface area contributed by atoms with Gasteiger partial charge < -0.3 is 9.88 Å². The molecule has 1 N–H and O–H groups in total. The SMILES string of the molecule is CCC(Sc1nnc(CSc2ccc(C)cc2)n1CC)C(=O)Nc1ccccc1F. The van der Waals surface area contributed by atoms with E-state index in [1.165, 1.54) is 28.3 Å². The van der Waals surface area contributed by atoms with E-state index in [-0.39, 0.29) is 11.6 Å². The van der Waals surface area contributed by atoms with E-state index in [1.54, 1.807) is 30.0 Å². The van der Waals surface area contributed by atoms with E-state index in [2.05, 4.69) is 46.7 Å². The van der Waals surface area contributed by atoms with Crippen LogP contribution >= 0.6 is 23.5 Å². The second-order valence-electron chi connectivity index (χ2n) is 6.73. The van der Waals surface area contributed by atoms with Gasteiger partial charge in [-0.3, -0.25) is 4.79 Å². The minimum absolute atomic E-state index is 0.189. The zero-order chi connectivity index (χ0) is 21.5. The minimum atomic E-state index is -0.446. The van der Waals surface area contributed by atoms with Crippen LogP contribution in [0.3, 0.4) is 0 Å². The Morgan fingerprint density at radius 3 is 2.53 bits per heavy atom. The Morgan fingerprint density at radius 2 is 1.87 bits per heavy atom. The predicted molar refractivity (Wildman–Crippen MR) is 121 cm³/mol. The molecule has 3 rings (SSSR count). The Bertz CT molecular complexity index is 991. The molecule has 0 aliphatic rings. The van der Waals surface area contributed by atoms with Crippen molar-refractivity contribution in [1.82, 2.24) is 14.8 Å². The van der Waals surface area contributed by atoms with Crippen LogP contribution in [0.4, 0.5) is 10.1 Å². The van der Waals surface area contributed by atoms with Crippen LogP contribution in [0.15, 0.2) is 58.6 Å². The van der Waals surface area contributed by atoms with Crippen LogP contribution in [0, 0.1) is 12.7 Å². The van der Waals surface area contributed by atoms with Crippen LogP contribution < -0.4 is 5.32 Å². The first kappa shape index (κ1) is 22.4. The molecular weight excluding hydrogens is 419 g/mol. The second-order valence-corrected chi connectivity index (χ2v) is 8.95. The van der Waals surface area contributed by atoms with E-state index in [0.29, 0.717) is 23.9 Å². The van der Waals surface area contributed by atoms with Gasteiger partial charge in [-0.1, -0.05) is 48.5 Å². The predicted octanol–water partition coefficient (Wildman–Crippen LogP) is 5.55. The third kappa shape index (κ3) is 5.64. The molecule has 1 atom stereocenters. The molecule has 1 heterocycles. The lowest BCUT2D eigenvalue weighted by molar-refractivity contribution is -0.115.